The number of halogens is 1. The van der Waals surface area contributed by atoms with E-state index in [4.69, 9.17) is 11.6 Å². The molecule has 240 valence electrons. The molecule has 0 saturated carbocycles. The zero-order valence-corrected chi connectivity index (χ0v) is 27.1. The number of hydrogen-bond donors (Lipinski definition) is 3. The average Bonchev–Trinajstić information content (AvgIpc) is 3.91. The van der Waals surface area contributed by atoms with Gasteiger partial charge in [0, 0.05) is 17.5 Å². The van der Waals surface area contributed by atoms with E-state index in [9.17, 15) is 5.11 Å². The van der Waals surface area contributed by atoms with Crippen molar-refractivity contribution >= 4 is 11.6 Å². The first kappa shape index (κ1) is 31.1. The minimum atomic E-state index is -0.141. The van der Waals surface area contributed by atoms with Gasteiger partial charge in [0.25, 0.3) is 5.82 Å². The van der Waals surface area contributed by atoms with Crippen molar-refractivity contribution in [3.63, 3.8) is 0 Å². The Balaban J connectivity index is 1.17. The van der Waals surface area contributed by atoms with Gasteiger partial charge in [-0.3, -0.25) is 0 Å². The van der Waals surface area contributed by atoms with Crippen LogP contribution in [0.15, 0.2) is 97.1 Å². The van der Waals surface area contributed by atoms with Crippen molar-refractivity contribution in [1.82, 2.24) is 45.8 Å². The summed E-state index contributed by atoms with van der Waals surface area (Å²) in [6.07, 6.45) is 2.85. The molecule has 12 heteroatoms. The number of tetrazole rings is 2. The lowest BCUT2D eigenvalue weighted by molar-refractivity contribution is -0.695. The maximum atomic E-state index is 10.7. The van der Waals surface area contributed by atoms with E-state index in [1.165, 1.54) is 0 Å². The maximum Gasteiger partial charge on any atom is 0.284 e. The summed E-state index contributed by atoms with van der Waals surface area (Å²) in [7, 11) is 0. The molecule has 0 spiro atoms. The fourth-order valence-corrected chi connectivity index (χ4v) is 6.49. The van der Waals surface area contributed by atoms with Gasteiger partial charge in [-0.1, -0.05) is 110 Å². The van der Waals surface area contributed by atoms with E-state index in [0.717, 1.165) is 75.3 Å². The van der Waals surface area contributed by atoms with Crippen LogP contribution in [0.4, 0.5) is 0 Å². The number of unbranched alkanes of at least 4 members (excludes halogenated alkanes) is 1. The molecule has 0 unspecified atom stereocenters. The Morgan fingerprint density at radius 1 is 0.708 bits per heavy atom. The van der Waals surface area contributed by atoms with Crippen LogP contribution in [0.25, 0.3) is 45.0 Å². The van der Waals surface area contributed by atoms with Gasteiger partial charge in [0.2, 0.25) is 16.8 Å². The zero-order chi connectivity index (χ0) is 32.9. The van der Waals surface area contributed by atoms with Crippen LogP contribution in [-0.2, 0) is 26.1 Å². The van der Waals surface area contributed by atoms with E-state index in [1.54, 1.807) is 0 Å². The van der Waals surface area contributed by atoms with Crippen molar-refractivity contribution in [3.8, 4) is 45.0 Å². The fourth-order valence-electron chi connectivity index (χ4n) is 6.14. The van der Waals surface area contributed by atoms with Gasteiger partial charge in [-0.15, -0.1) is 20.4 Å². The number of aromatic nitrogens is 10. The number of aromatic amines is 2. The predicted molar refractivity (Wildman–Crippen MR) is 182 cm³/mol. The first-order valence-corrected chi connectivity index (χ1v) is 16.3. The molecule has 0 radical (unpaired) electrons. The highest BCUT2D eigenvalue weighted by Gasteiger charge is 2.29. The number of rotatable bonds is 12. The number of aliphatic hydroxyl groups excluding tert-OH is 1. The number of benzene rings is 4. The van der Waals surface area contributed by atoms with Crippen LogP contribution >= 0.6 is 11.6 Å². The highest BCUT2D eigenvalue weighted by molar-refractivity contribution is 6.29. The Hall–Kier alpha value is -5.52. The molecule has 0 fully saturated rings. The van der Waals surface area contributed by atoms with Gasteiger partial charge >= 0.3 is 0 Å². The molecule has 0 aliphatic heterocycles. The van der Waals surface area contributed by atoms with Crippen molar-refractivity contribution in [2.24, 2.45) is 0 Å². The third-order valence-electron chi connectivity index (χ3n) is 8.57. The predicted octanol–water partition coefficient (Wildman–Crippen LogP) is 6.05. The molecular weight excluding hydrogens is 624 g/mol. The average molecular weight is 658 g/mol. The van der Waals surface area contributed by atoms with Gasteiger partial charge in [0.05, 0.1) is 0 Å². The minimum Gasteiger partial charge on any atom is -0.384 e. The van der Waals surface area contributed by atoms with Crippen LogP contribution in [0, 0.1) is 0 Å². The van der Waals surface area contributed by atoms with Crippen LogP contribution in [0.3, 0.4) is 0 Å². The number of hydrogen-bond acceptors (Lipinski definition) is 7. The Kier molecular flexibility index (Phi) is 9.12. The molecule has 0 amide bonds. The molecule has 0 atom stereocenters. The summed E-state index contributed by atoms with van der Waals surface area (Å²) in [5, 5.41) is 40.6. The van der Waals surface area contributed by atoms with Crippen LogP contribution in [0.2, 0.25) is 5.15 Å². The highest BCUT2D eigenvalue weighted by Crippen LogP contribution is 2.31. The van der Waals surface area contributed by atoms with E-state index >= 15 is 0 Å². The first-order chi connectivity index (χ1) is 23.6. The van der Waals surface area contributed by atoms with Crippen molar-refractivity contribution in [3.05, 3.63) is 125 Å². The smallest absolute Gasteiger partial charge is 0.284 e. The van der Waals surface area contributed by atoms with Gasteiger partial charge in [0.1, 0.15) is 19.7 Å². The molecule has 4 aromatic carbocycles. The highest BCUT2D eigenvalue weighted by atomic mass is 35.5. The molecule has 3 aromatic heterocycles. The number of aliphatic hydroxyl groups is 1. The summed E-state index contributed by atoms with van der Waals surface area (Å²) >= 11 is 7.13. The summed E-state index contributed by atoms with van der Waals surface area (Å²) < 4.78 is 4.21. The maximum absolute atomic E-state index is 10.7. The third kappa shape index (κ3) is 6.25. The number of H-pyrrole nitrogens is 2. The molecular formula is C36H34ClN10O+. The van der Waals surface area contributed by atoms with Gasteiger partial charge in [-0.2, -0.15) is 10.4 Å². The molecule has 7 rings (SSSR count). The normalized spacial score (nSPS) is 11.3. The fraction of sp³-hybridized carbons (Fsp3) is 0.194. The number of nitrogens with one attached hydrogen (secondary N) is 2. The second kappa shape index (κ2) is 14.1. The molecule has 3 heterocycles. The monoisotopic (exact) mass is 657 g/mol. The lowest BCUT2D eigenvalue weighted by Gasteiger charge is -2.09. The first-order valence-electron chi connectivity index (χ1n) is 15.9. The zero-order valence-electron chi connectivity index (χ0n) is 26.4. The van der Waals surface area contributed by atoms with E-state index < -0.39 is 0 Å². The second-order valence-corrected chi connectivity index (χ2v) is 11.9. The lowest BCUT2D eigenvalue weighted by Crippen LogP contribution is -2.39. The van der Waals surface area contributed by atoms with E-state index in [1.807, 2.05) is 41.0 Å². The summed E-state index contributed by atoms with van der Waals surface area (Å²) in [5.41, 5.74) is 9.15. The standard InChI is InChI=1S/C36H34ClN10O/c1-2-3-12-32-34(37)47(22-25-15-19-27(20-16-25)29-9-5-7-11-31(29)36-40-44-45-41-36)33(23-48)46(32)21-24-13-17-26(18-14-24)28-8-4-6-10-30(28)35-38-42-43-39-35/h4-11,13-20,48H,2-3,12,21-23H2,1H3,(H,38,39,42,43)(H,40,41,44,45)/q+1. The van der Waals surface area contributed by atoms with Gasteiger partial charge < -0.3 is 5.11 Å². The van der Waals surface area contributed by atoms with Gasteiger partial charge in [-0.05, 0) is 61.8 Å². The topological polar surface area (TPSA) is 138 Å². The summed E-state index contributed by atoms with van der Waals surface area (Å²) in [5.74, 6) is 1.87. The lowest BCUT2D eigenvalue weighted by atomic mass is 9.98. The number of imidazole rings is 1. The summed E-state index contributed by atoms with van der Waals surface area (Å²) in [6.45, 7) is 3.14. The summed E-state index contributed by atoms with van der Waals surface area (Å²) in [6, 6.07) is 32.9. The molecule has 0 saturated heterocycles. The van der Waals surface area contributed by atoms with Crippen LogP contribution < -0.4 is 4.57 Å². The Morgan fingerprint density at radius 3 is 1.71 bits per heavy atom. The second-order valence-electron chi connectivity index (χ2n) is 11.5. The number of nitrogens with zero attached hydrogens (tertiary/aromatic N) is 8. The van der Waals surface area contributed by atoms with Crippen molar-refractivity contribution < 1.29 is 9.67 Å². The van der Waals surface area contributed by atoms with E-state index in [0.29, 0.717) is 29.9 Å². The SMILES string of the molecule is CCCCc1c(Cl)[n+](Cc2ccc(-c3ccccc3-c3nn[nH]n3)cc2)c(CO)n1Cc1ccc(-c2ccccc2-c2nn[nH]n2)cc1. The minimum absolute atomic E-state index is 0.141. The molecule has 7 aromatic rings. The Labute approximate surface area is 282 Å². The van der Waals surface area contributed by atoms with Crippen molar-refractivity contribution in [2.75, 3.05) is 0 Å². The third-order valence-corrected chi connectivity index (χ3v) is 8.99. The van der Waals surface area contributed by atoms with E-state index in [2.05, 4.69) is 113 Å². The molecule has 0 aliphatic rings. The van der Waals surface area contributed by atoms with Crippen LogP contribution in [0.5, 0.6) is 0 Å². The molecule has 3 N–H and O–H groups in total. The van der Waals surface area contributed by atoms with Crippen molar-refractivity contribution in [1.29, 1.82) is 0 Å². The van der Waals surface area contributed by atoms with E-state index in [-0.39, 0.29) is 6.61 Å². The van der Waals surface area contributed by atoms with Gasteiger partial charge in [0.15, 0.2) is 5.69 Å². The van der Waals surface area contributed by atoms with Gasteiger partial charge in [-0.25, -0.2) is 9.13 Å². The molecule has 11 nitrogen and oxygen atoms in total. The Morgan fingerprint density at radius 2 is 1.23 bits per heavy atom. The molecule has 48 heavy (non-hydrogen) atoms. The molecule has 0 bridgehead atoms. The summed E-state index contributed by atoms with van der Waals surface area (Å²) in [4.78, 5) is 0. The Bertz CT molecular complexity index is 2110. The largest absolute Gasteiger partial charge is 0.384 e. The molecule has 0 aliphatic carbocycles. The quantitative estimate of drug-likeness (QED) is 0.136. The van der Waals surface area contributed by atoms with Crippen LogP contribution in [0.1, 0.15) is 42.4 Å². The van der Waals surface area contributed by atoms with Crippen molar-refractivity contribution in [2.45, 2.75) is 45.9 Å². The van der Waals surface area contributed by atoms with Crippen LogP contribution in [-0.4, -0.2) is 50.9 Å².